The fourth-order valence-corrected chi connectivity index (χ4v) is 3.84. The maximum atomic E-state index is 13.0. The Hall–Kier alpha value is -1.96. The van der Waals surface area contributed by atoms with Gasteiger partial charge in [-0.05, 0) is 45.7 Å². The number of carbonyl (C=O) groups is 2. The molecule has 1 saturated carbocycles. The zero-order valence-electron chi connectivity index (χ0n) is 12.6. The molecule has 1 aromatic rings. The lowest BCUT2D eigenvalue weighted by molar-refractivity contribution is 0.0606. The Bertz CT molecular complexity index is 708. The molecule has 1 heterocycles. The van der Waals surface area contributed by atoms with Crippen molar-refractivity contribution in [2.24, 2.45) is 4.36 Å². The molecule has 8 heteroatoms. The van der Waals surface area contributed by atoms with Crippen LogP contribution in [0.15, 0.2) is 27.7 Å². The van der Waals surface area contributed by atoms with Gasteiger partial charge in [0.1, 0.15) is 20.4 Å². The van der Waals surface area contributed by atoms with Crippen molar-refractivity contribution in [2.45, 2.75) is 49.5 Å². The van der Waals surface area contributed by atoms with E-state index in [2.05, 4.69) is 9.35 Å². The summed E-state index contributed by atoms with van der Waals surface area (Å²) in [6.07, 6.45) is 1.60. The van der Waals surface area contributed by atoms with E-state index in [1.807, 2.05) is 0 Å². The Morgan fingerprint density at radius 2 is 2.00 bits per heavy atom. The molecule has 1 aliphatic rings. The number of carboxylic acids is 1. The molecule has 1 amide bonds. The van der Waals surface area contributed by atoms with E-state index in [-0.39, 0.29) is 15.8 Å². The summed E-state index contributed by atoms with van der Waals surface area (Å²) in [6.45, 7) is 5.08. The fourth-order valence-electron chi connectivity index (χ4n) is 1.75. The number of carboxylic acid groups (broad SMARTS) is 1. The molecule has 22 heavy (non-hydrogen) atoms. The van der Waals surface area contributed by atoms with Gasteiger partial charge in [0.15, 0.2) is 0 Å². The number of hydrogen-bond acceptors (Lipinski definition) is 5. The van der Waals surface area contributed by atoms with Crippen LogP contribution in [0.5, 0.6) is 0 Å². The maximum Gasteiger partial charge on any atom is 0.442 e. The topological polar surface area (TPSA) is 106 Å². The largest absolute Gasteiger partial charge is 0.478 e. The number of rotatable bonds is 3. The lowest BCUT2D eigenvalue weighted by Crippen LogP contribution is -2.23. The first-order chi connectivity index (χ1) is 10.1. The Morgan fingerprint density at radius 3 is 2.41 bits per heavy atom. The van der Waals surface area contributed by atoms with Gasteiger partial charge in [-0.3, -0.25) is 0 Å². The Labute approximate surface area is 128 Å². The van der Waals surface area contributed by atoms with Crippen LogP contribution in [-0.2, 0) is 14.5 Å². The highest BCUT2D eigenvalue weighted by Crippen LogP contribution is 2.35. The molecule has 1 fully saturated rings. The Morgan fingerprint density at radius 1 is 1.36 bits per heavy atom. The number of pyridine rings is 1. The number of aromatic carboxylic acids is 1. The van der Waals surface area contributed by atoms with E-state index in [9.17, 15) is 13.8 Å². The van der Waals surface area contributed by atoms with Crippen LogP contribution < -0.4 is 0 Å². The van der Waals surface area contributed by atoms with Crippen LogP contribution in [0.25, 0.3) is 0 Å². The van der Waals surface area contributed by atoms with E-state index in [4.69, 9.17) is 9.84 Å². The van der Waals surface area contributed by atoms with Crippen LogP contribution in [0.4, 0.5) is 4.79 Å². The number of ether oxygens (including phenoxy) is 1. The second-order valence-corrected chi connectivity index (χ2v) is 8.43. The number of amides is 1. The molecule has 0 spiro atoms. The van der Waals surface area contributed by atoms with E-state index in [0.29, 0.717) is 12.8 Å². The third kappa shape index (κ3) is 3.82. The lowest BCUT2D eigenvalue weighted by Gasteiger charge is -2.18. The van der Waals surface area contributed by atoms with Gasteiger partial charge in [-0.1, -0.05) is 0 Å². The van der Waals surface area contributed by atoms with Gasteiger partial charge >= 0.3 is 12.1 Å². The number of aromatic nitrogens is 1. The lowest BCUT2D eigenvalue weighted by atomic mass is 10.2. The first kappa shape index (κ1) is 16.4. The van der Waals surface area contributed by atoms with Crippen molar-refractivity contribution >= 4 is 21.8 Å². The molecule has 1 N–H and O–H groups in total. The van der Waals surface area contributed by atoms with Crippen molar-refractivity contribution in [3.8, 4) is 0 Å². The van der Waals surface area contributed by atoms with Crippen molar-refractivity contribution in [3.63, 3.8) is 0 Å². The molecule has 0 saturated heterocycles. The van der Waals surface area contributed by atoms with Crippen LogP contribution in [0.1, 0.15) is 44.0 Å². The average Bonchev–Trinajstić information content (AvgIpc) is 3.20. The van der Waals surface area contributed by atoms with Gasteiger partial charge in [-0.25, -0.2) is 18.8 Å². The minimum absolute atomic E-state index is 0.0152. The van der Waals surface area contributed by atoms with Crippen LogP contribution >= 0.6 is 0 Å². The summed E-state index contributed by atoms with van der Waals surface area (Å²) in [4.78, 5) is 26.6. The quantitative estimate of drug-likeness (QED) is 0.915. The Kier molecular flexibility index (Phi) is 4.23. The molecule has 0 bridgehead atoms. The fraction of sp³-hybridized carbons (Fsp3) is 0.500. The average molecular weight is 326 g/mol. The van der Waals surface area contributed by atoms with E-state index in [1.165, 1.54) is 12.1 Å². The third-order valence-electron chi connectivity index (χ3n) is 2.86. The molecule has 7 nitrogen and oxygen atoms in total. The normalized spacial score (nSPS) is 17.4. The molecule has 120 valence electrons. The first-order valence-corrected chi connectivity index (χ1v) is 8.38. The molecular formula is C14H18N2O5S. The van der Waals surface area contributed by atoms with Crippen molar-refractivity contribution in [1.82, 2.24) is 4.98 Å². The van der Waals surface area contributed by atoms with Gasteiger partial charge in [0.2, 0.25) is 0 Å². The molecule has 1 unspecified atom stereocenters. The predicted molar refractivity (Wildman–Crippen MR) is 79.3 cm³/mol. The summed E-state index contributed by atoms with van der Waals surface area (Å²) >= 11 is 0. The van der Waals surface area contributed by atoms with Gasteiger partial charge < -0.3 is 9.84 Å². The molecule has 0 radical (unpaired) electrons. The second-order valence-electron chi connectivity index (χ2n) is 6.03. The standard InChI is InChI=1S/C14H18N2O5S/c1-14(2,3)21-13(19)16-22(20,10-5-6-10)11-7-4-9(8-15-11)12(17)18/h4,7-8,10H,5-6H2,1-3H3,(H,17,18). The number of hydrogen-bond donors (Lipinski definition) is 1. The van der Waals surface area contributed by atoms with Crippen LogP contribution in [0.3, 0.4) is 0 Å². The zero-order chi connectivity index (χ0) is 16.5. The summed E-state index contributed by atoms with van der Waals surface area (Å²) in [6, 6.07) is 2.65. The highest BCUT2D eigenvalue weighted by atomic mass is 32.2. The van der Waals surface area contributed by atoms with E-state index >= 15 is 0 Å². The molecule has 0 aromatic carbocycles. The third-order valence-corrected chi connectivity index (χ3v) is 5.50. The van der Waals surface area contributed by atoms with Crippen molar-refractivity contribution in [3.05, 3.63) is 23.9 Å². The number of carbonyl (C=O) groups excluding carboxylic acids is 1. The van der Waals surface area contributed by atoms with Gasteiger partial charge in [0.25, 0.3) is 0 Å². The van der Waals surface area contributed by atoms with Crippen molar-refractivity contribution < 1.29 is 23.6 Å². The summed E-state index contributed by atoms with van der Waals surface area (Å²) in [5, 5.41) is 8.73. The van der Waals surface area contributed by atoms with Gasteiger partial charge in [-0.15, -0.1) is 4.36 Å². The van der Waals surface area contributed by atoms with Crippen LogP contribution in [-0.4, -0.2) is 37.2 Å². The first-order valence-electron chi connectivity index (χ1n) is 6.80. The molecular weight excluding hydrogens is 308 g/mol. The van der Waals surface area contributed by atoms with Crippen molar-refractivity contribution in [2.75, 3.05) is 0 Å². The number of nitrogens with zero attached hydrogens (tertiary/aromatic N) is 2. The van der Waals surface area contributed by atoms with E-state index in [1.54, 1.807) is 20.8 Å². The SMILES string of the molecule is CC(C)(C)OC(=O)N=S(=O)(c1ccc(C(=O)O)cn1)C1CC1. The summed E-state index contributed by atoms with van der Waals surface area (Å²) in [5.41, 5.74) is -0.746. The minimum Gasteiger partial charge on any atom is -0.478 e. The zero-order valence-corrected chi connectivity index (χ0v) is 13.4. The van der Waals surface area contributed by atoms with E-state index < -0.39 is 27.4 Å². The second kappa shape index (κ2) is 5.68. The van der Waals surface area contributed by atoms with Crippen LogP contribution in [0.2, 0.25) is 0 Å². The molecule has 1 atom stereocenters. The van der Waals surface area contributed by atoms with E-state index in [0.717, 1.165) is 6.20 Å². The predicted octanol–water partition coefficient (Wildman–Crippen LogP) is 2.70. The highest BCUT2D eigenvalue weighted by molar-refractivity contribution is 7.94. The van der Waals surface area contributed by atoms with Gasteiger partial charge in [-0.2, -0.15) is 0 Å². The maximum absolute atomic E-state index is 13.0. The van der Waals surface area contributed by atoms with Gasteiger partial charge in [0.05, 0.1) is 5.56 Å². The highest BCUT2D eigenvalue weighted by Gasteiger charge is 2.37. The van der Waals surface area contributed by atoms with Crippen molar-refractivity contribution in [1.29, 1.82) is 0 Å². The molecule has 0 aliphatic heterocycles. The summed E-state index contributed by atoms with van der Waals surface area (Å²) in [5.74, 6) is -1.12. The Balaban J connectivity index is 2.38. The smallest absolute Gasteiger partial charge is 0.442 e. The molecule has 1 aromatic heterocycles. The monoisotopic (exact) mass is 326 g/mol. The minimum atomic E-state index is -3.04. The molecule has 2 rings (SSSR count). The summed E-state index contributed by atoms with van der Waals surface area (Å²) < 4.78 is 21.9. The molecule has 1 aliphatic carbocycles. The summed E-state index contributed by atoms with van der Waals surface area (Å²) in [7, 11) is -3.04. The van der Waals surface area contributed by atoms with Crippen LogP contribution in [0, 0.1) is 0 Å². The van der Waals surface area contributed by atoms with Gasteiger partial charge in [0, 0.05) is 11.4 Å².